The summed E-state index contributed by atoms with van der Waals surface area (Å²) in [4.78, 5) is 11.0. The van der Waals surface area contributed by atoms with Gasteiger partial charge in [-0.1, -0.05) is 25.3 Å². The van der Waals surface area contributed by atoms with E-state index in [2.05, 4.69) is 13.2 Å². The number of hydrogen-bond acceptors (Lipinski definition) is 3. The van der Waals surface area contributed by atoms with E-state index in [1.807, 2.05) is 0 Å². The first-order chi connectivity index (χ1) is 6.26. The Morgan fingerprint density at radius 1 is 1.15 bits per heavy atom. The number of rotatable bonds is 2. The fourth-order valence-corrected chi connectivity index (χ4v) is 1.24. The van der Waals surface area contributed by atoms with Crippen LogP contribution in [0.1, 0.15) is 19.3 Å². The van der Waals surface area contributed by atoms with Gasteiger partial charge in [0, 0.05) is 0 Å². The van der Waals surface area contributed by atoms with Crippen LogP contribution in [0.15, 0.2) is 25.3 Å². The summed E-state index contributed by atoms with van der Waals surface area (Å²) in [7, 11) is 0. The molecule has 2 atom stereocenters. The van der Waals surface area contributed by atoms with Crippen LogP contribution in [0.5, 0.6) is 0 Å². The van der Waals surface area contributed by atoms with Crippen molar-refractivity contribution < 1.29 is 14.3 Å². The molecule has 0 radical (unpaired) electrons. The molecule has 13 heavy (non-hydrogen) atoms. The maximum Gasteiger partial charge on any atom is 0.509 e. The van der Waals surface area contributed by atoms with Crippen LogP contribution in [0.2, 0.25) is 0 Å². The Kier molecular flexibility index (Phi) is 3.55. The molecule has 0 aromatic carbocycles. The number of hydrogen-bond donors (Lipinski definition) is 0. The number of carbonyl (C=O) groups excluding carboxylic acids is 1. The molecule has 0 N–H and O–H groups in total. The van der Waals surface area contributed by atoms with Gasteiger partial charge in [-0.25, -0.2) is 4.79 Å². The highest BCUT2D eigenvalue weighted by atomic mass is 16.7. The molecule has 72 valence electrons. The van der Waals surface area contributed by atoms with Gasteiger partial charge in [-0.3, -0.25) is 0 Å². The van der Waals surface area contributed by atoms with Gasteiger partial charge in [0.2, 0.25) is 0 Å². The normalized spacial score (nSPS) is 29.1. The summed E-state index contributed by atoms with van der Waals surface area (Å²) in [6.45, 7) is 7.15. The fraction of sp³-hybridized carbons (Fsp3) is 0.500. The molecule has 1 heterocycles. The van der Waals surface area contributed by atoms with Crippen molar-refractivity contribution in [3.8, 4) is 0 Å². The summed E-state index contributed by atoms with van der Waals surface area (Å²) in [5, 5.41) is 0. The topological polar surface area (TPSA) is 35.5 Å². The minimum absolute atomic E-state index is 0.210. The summed E-state index contributed by atoms with van der Waals surface area (Å²) >= 11 is 0. The maximum absolute atomic E-state index is 11.0. The summed E-state index contributed by atoms with van der Waals surface area (Å²) in [6, 6.07) is 0. The van der Waals surface area contributed by atoms with Crippen molar-refractivity contribution in [2.75, 3.05) is 0 Å². The summed E-state index contributed by atoms with van der Waals surface area (Å²) < 4.78 is 9.89. The second kappa shape index (κ2) is 4.70. The molecule has 1 rings (SSSR count). The van der Waals surface area contributed by atoms with E-state index < -0.39 is 6.16 Å². The predicted octanol–water partition coefficient (Wildman–Crippen LogP) is 2.43. The number of ether oxygens (including phenoxy) is 2. The third kappa shape index (κ3) is 2.93. The Balaban J connectivity index is 2.52. The molecule has 3 heteroatoms. The Bertz CT molecular complexity index is 190. The third-order valence-electron chi connectivity index (χ3n) is 2.00. The average molecular weight is 182 g/mol. The third-order valence-corrected chi connectivity index (χ3v) is 2.00. The van der Waals surface area contributed by atoms with E-state index in [9.17, 15) is 4.79 Å². The zero-order chi connectivity index (χ0) is 9.68. The Labute approximate surface area is 78.0 Å². The van der Waals surface area contributed by atoms with Gasteiger partial charge in [-0.2, -0.15) is 0 Å². The number of cyclic esters (lactones) is 2. The lowest BCUT2D eigenvalue weighted by Crippen LogP contribution is -2.25. The molecule has 1 aliphatic rings. The zero-order valence-corrected chi connectivity index (χ0v) is 7.57. The standard InChI is InChI=1S/C10H14O3/c1-3-8-6-5-7-9(4-2)13-10(11)12-8/h3-4,8-9H,1-2,5-7H2. The van der Waals surface area contributed by atoms with Crippen LogP contribution in [-0.4, -0.2) is 18.4 Å². The van der Waals surface area contributed by atoms with Gasteiger partial charge in [-0.05, 0) is 19.3 Å². The van der Waals surface area contributed by atoms with Crippen LogP contribution >= 0.6 is 0 Å². The summed E-state index contributed by atoms with van der Waals surface area (Å²) in [5.41, 5.74) is 0. The van der Waals surface area contributed by atoms with Gasteiger partial charge in [0.15, 0.2) is 0 Å². The van der Waals surface area contributed by atoms with E-state index in [-0.39, 0.29) is 12.2 Å². The highest BCUT2D eigenvalue weighted by molar-refractivity contribution is 5.61. The lowest BCUT2D eigenvalue weighted by atomic mass is 10.1. The van der Waals surface area contributed by atoms with E-state index in [4.69, 9.17) is 9.47 Å². The van der Waals surface area contributed by atoms with Crippen molar-refractivity contribution in [3.05, 3.63) is 25.3 Å². The van der Waals surface area contributed by atoms with E-state index in [0.717, 1.165) is 19.3 Å². The summed E-state index contributed by atoms with van der Waals surface area (Å²) in [5.74, 6) is 0. The summed E-state index contributed by atoms with van der Waals surface area (Å²) in [6.07, 6.45) is 4.75. The first-order valence-electron chi connectivity index (χ1n) is 4.38. The monoisotopic (exact) mass is 182 g/mol. The first-order valence-corrected chi connectivity index (χ1v) is 4.38. The van der Waals surface area contributed by atoms with Crippen molar-refractivity contribution in [1.29, 1.82) is 0 Å². The molecule has 3 nitrogen and oxygen atoms in total. The van der Waals surface area contributed by atoms with Gasteiger partial charge >= 0.3 is 6.16 Å². The van der Waals surface area contributed by atoms with E-state index in [0.29, 0.717) is 0 Å². The maximum atomic E-state index is 11.0. The molecule has 1 aliphatic heterocycles. The lowest BCUT2D eigenvalue weighted by Gasteiger charge is -2.21. The molecule has 0 aromatic heterocycles. The van der Waals surface area contributed by atoms with Crippen LogP contribution in [-0.2, 0) is 9.47 Å². The average Bonchev–Trinajstić information content (AvgIpc) is 2.10. The molecule has 1 saturated heterocycles. The zero-order valence-electron chi connectivity index (χ0n) is 7.57. The first kappa shape index (κ1) is 9.84. The van der Waals surface area contributed by atoms with Crippen LogP contribution in [0.25, 0.3) is 0 Å². The van der Waals surface area contributed by atoms with E-state index in [1.54, 1.807) is 12.2 Å². The second-order valence-corrected chi connectivity index (χ2v) is 2.96. The fourth-order valence-electron chi connectivity index (χ4n) is 1.24. The minimum atomic E-state index is -0.630. The van der Waals surface area contributed by atoms with Crippen molar-refractivity contribution in [3.63, 3.8) is 0 Å². The van der Waals surface area contributed by atoms with Gasteiger partial charge in [0.25, 0.3) is 0 Å². The van der Waals surface area contributed by atoms with Crippen LogP contribution < -0.4 is 0 Å². The quantitative estimate of drug-likeness (QED) is 0.486. The van der Waals surface area contributed by atoms with Gasteiger partial charge in [-0.15, -0.1) is 0 Å². The molecule has 0 spiro atoms. The molecule has 0 amide bonds. The van der Waals surface area contributed by atoms with Crippen LogP contribution in [0.3, 0.4) is 0 Å². The molecule has 0 saturated carbocycles. The molecule has 2 unspecified atom stereocenters. The predicted molar refractivity (Wildman–Crippen MR) is 49.4 cm³/mol. The van der Waals surface area contributed by atoms with Crippen molar-refractivity contribution in [1.82, 2.24) is 0 Å². The number of carbonyl (C=O) groups is 1. The molecular formula is C10H14O3. The van der Waals surface area contributed by atoms with Crippen molar-refractivity contribution in [2.45, 2.75) is 31.5 Å². The second-order valence-electron chi connectivity index (χ2n) is 2.96. The van der Waals surface area contributed by atoms with E-state index in [1.165, 1.54) is 0 Å². The molecule has 0 aliphatic carbocycles. The molecule has 1 fully saturated rings. The minimum Gasteiger partial charge on any atom is -0.427 e. The van der Waals surface area contributed by atoms with Gasteiger partial charge in [0.1, 0.15) is 12.2 Å². The highest BCUT2D eigenvalue weighted by Crippen LogP contribution is 2.16. The highest BCUT2D eigenvalue weighted by Gasteiger charge is 2.19. The van der Waals surface area contributed by atoms with Crippen molar-refractivity contribution in [2.24, 2.45) is 0 Å². The lowest BCUT2D eigenvalue weighted by molar-refractivity contribution is 0.00462. The van der Waals surface area contributed by atoms with Crippen LogP contribution in [0, 0.1) is 0 Å². The van der Waals surface area contributed by atoms with Crippen molar-refractivity contribution >= 4 is 6.16 Å². The SMILES string of the molecule is C=CC1CCCC(C=C)OC(=O)O1. The van der Waals surface area contributed by atoms with Gasteiger partial charge < -0.3 is 9.47 Å². The van der Waals surface area contributed by atoms with Gasteiger partial charge in [0.05, 0.1) is 0 Å². The Hall–Kier alpha value is -1.25. The Morgan fingerprint density at radius 2 is 1.62 bits per heavy atom. The Morgan fingerprint density at radius 3 is 2.00 bits per heavy atom. The van der Waals surface area contributed by atoms with E-state index >= 15 is 0 Å². The molecule has 0 aromatic rings. The van der Waals surface area contributed by atoms with Crippen LogP contribution in [0.4, 0.5) is 4.79 Å². The largest absolute Gasteiger partial charge is 0.509 e. The smallest absolute Gasteiger partial charge is 0.427 e. The molecular weight excluding hydrogens is 168 g/mol. The molecule has 0 bridgehead atoms.